The van der Waals surface area contributed by atoms with E-state index in [0.29, 0.717) is 0 Å². The minimum Gasteiger partial charge on any atom is -0.0654 e. The Kier molecular flexibility index (Phi) is 16.4. The summed E-state index contributed by atoms with van der Waals surface area (Å²) in [5.41, 5.74) is 0. The third kappa shape index (κ3) is 13.4. The van der Waals surface area contributed by atoms with Crippen LogP contribution in [0.15, 0.2) is 0 Å². The molecule has 0 heteroatoms. The molecule has 2 atom stereocenters. The molecule has 0 spiro atoms. The van der Waals surface area contributed by atoms with Gasteiger partial charge in [0.1, 0.15) is 0 Å². The Bertz CT molecular complexity index is 184. The summed E-state index contributed by atoms with van der Waals surface area (Å²) in [6.07, 6.45) is 22.6. The lowest BCUT2D eigenvalue weighted by Gasteiger charge is -2.22. The summed E-state index contributed by atoms with van der Waals surface area (Å²) in [6, 6.07) is 0. The molecule has 0 amide bonds. The van der Waals surface area contributed by atoms with E-state index in [4.69, 9.17) is 0 Å². The molecule has 0 aromatic rings. The van der Waals surface area contributed by atoms with Crippen LogP contribution in [-0.4, -0.2) is 0 Å². The van der Waals surface area contributed by atoms with Crippen LogP contribution in [-0.2, 0) is 0 Å². The molecule has 21 heavy (non-hydrogen) atoms. The van der Waals surface area contributed by atoms with E-state index in [0.717, 1.165) is 11.8 Å². The molecule has 0 heterocycles. The van der Waals surface area contributed by atoms with Gasteiger partial charge in [0.15, 0.2) is 0 Å². The Morgan fingerprint density at radius 3 is 1.62 bits per heavy atom. The number of unbranched alkanes of at least 4 members (excludes halogenated alkanes) is 7. The van der Waals surface area contributed by atoms with Gasteiger partial charge in [-0.1, -0.05) is 118 Å². The van der Waals surface area contributed by atoms with Gasteiger partial charge in [0.05, 0.1) is 0 Å². The van der Waals surface area contributed by atoms with Crippen LogP contribution in [0, 0.1) is 18.3 Å². The van der Waals surface area contributed by atoms with Crippen LogP contribution in [0.1, 0.15) is 118 Å². The number of hydrogen-bond acceptors (Lipinski definition) is 0. The molecule has 0 aromatic carbocycles. The summed E-state index contributed by atoms with van der Waals surface area (Å²) in [5, 5.41) is 0. The van der Waals surface area contributed by atoms with Gasteiger partial charge in [-0.15, -0.1) is 0 Å². The molecule has 0 aliphatic rings. The molecule has 0 fully saturated rings. The fourth-order valence-corrected chi connectivity index (χ4v) is 3.29. The van der Waals surface area contributed by atoms with Crippen LogP contribution in [0.5, 0.6) is 0 Å². The van der Waals surface area contributed by atoms with Crippen molar-refractivity contribution in [2.75, 3.05) is 0 Å². The van der Waals surface area contributed by atoms with Gasteiger partial charge >= 0.3 is 0 Å². The summed E-state index contributed by atoms with van der Waals surface area (Å²) in [4.78, 5) is 0. The highest BCUT2D eigenvalue weighted by atomic mass is 14.2. The molecule has 0 nitrogen and oxygen atoms in total. The third-order valence-electron chi connectivity index (χ3n) is 4.85. The van der Waals surface area contributed by atoms with E-state index >= 15 is 0 Å². The summed E-state index contributed by atoms with van der Waals surface area (Å²) in [5.74, 6) is 1.78. The van der Waals surface area contributed by atoms with Crippen molar-refractivity contribution in [3.8, 4) is 0 Å². The van der Waals surface area contributed by atoms with E-state index in [-0.39, 0.29) is 0 Å². The zero-order chi connectivity index (χ0) is 15.8. The molecule has 0 aromatic heterocycles. The third-order valence-corrected chi connectivity index (χ3v) is 4.85. The first-order chi connectivity index (χ1) is 10.3. The van der Waals surface area contributed by atoms with Crippen LogP contribution in [0.2, 0.25) is 0 Å². The van der Waals surface area contributed by atoms with Crippen LogP contribution in [0.25, 0.3) is 0 Å². The molecule has 0 bridgehead atoms. The maximum atomic E-state index is 2.76. The van der Waals surface area contributed by atoms with Gasteiger partial charge in [0, 0.05) is 0 Å². The fourth-order valence-electron chi connectivity index (χ4n) is 3.29. The average molecular weight is 296 g/mol. The molecule has 0 rings (SSSR count). The molecular weight excluding hydrogens is 252 g/mol. The van der Waals surface area contributed by atoms with Gasteiger partial charge < -0.3 is 0 Å². The summed E-state index contributed by atoms with van der Waals surface area (Å²) >= 11 is 0. The Morgan fingerprint density at radius 2 is 1.00 bits per heavy atom. The molecular formula is C21H43. The highest BCUT2D eigenvalue weighted by molar-refractivity contribution is 4.83. The SMILES string of the molecule is CCCCCCCC([CH]C(CCCC)CCCCC)CC. The largest absolute Gasteiger partial charge is 0.0654 e. The predicted molar refractivity (Wildman–Crippen MR) is 98.6 cm³/mol. The Labute approximate surface area is 136 Å². The molecule has 1 radical (unpaired) electrons. The van der Waals surface area contributed by atoms with Crippen molar-refractivity contribution < 1.29 is 0 Å². The van der Waals surface area contributed by atoms with E-state index in [1.54, 1.807) is 0 Å². The minimum absolute atomic E-state index is 0.884. The zero-order valence-electron chi connectivity index (χ0n) is 15.6. The molecule has 0 aliphatic heterocycles. The monoisotopic (exact) mass is 295 g/mol. The lowest BCUT2D eigenvalue weighted by Crippen LogP contribution is -2.10. The average Bonchev–Trinajstić information content (AvgIpc) is 2.50. The standard InChI is InChI=1S/C21H43/c1-5-9-12-13-15-17-20(8-4)19-21(16-11-7-3)18-14-10-6-2/h19-21H,5-18H2,1-4H3. The van der Waals surface area contributed by atoms with E-state index in [2.05, 4.69) is 34.1 Å². The Balaban J connectivity index is 3.96. The van der Waals surface area contributed by atoms with Crippen molar-refractivity contribution in [3.63, 3.8) is 0 Å². The van der Waals surface area contributed by atoms with Crippen LogP contribution >= 0.6 is 0 Å². The highest BCUT2D eigenvalue weighted by Crippen LogP contribution is 2.28. The summed E-state index contributed by atoms with van der Waals surface area (Å²) in [6.45, 7) is 9.33. The van der Waals surface area contributed by atoms with Crippen molar-refractivity contribution >= 4 is 0 Å². The second-order valence-corrected chi connectivity index (χ2v) is 6.96. The summed E-state index contributed by atoms with van der Waals surface area (Å²) < 4.78 is 0. The lowest BCUT2D eigenvalue weighted by atomic mass is 9.83. The number of hydrogen-bond donors (Lipinski definition) is 0. The second-order valence-electron chi connectivity index (χ2n) is 6.96. The molecule has 0 N–H and O–H groups in total. The van der Waals surface area contributed by atoms with Crippen molar-refractivity contribution in [2.24, 2.45) is 11.8 Å². The van der Waals surface area contributed by atoms with Crippen molar-refractivity contribution in [2.45, 2.75) is 118 Å². The van der Waals surface area contributed by atoms with Gasteiger partial charge in [0.2, 0.25) is 0 Å². The van der Waals surface area contributed by atoms with E-state index in [1.165, 1.54) is 89.9 Å². The molecule has 127 valence electrons. The van der Waals surface area contributed by atoms with Crippen LogP contribution < -0.4 is 0 Å². The van der Waals surface area contributed by atoms with Crippen LogP contribution in [0.3, 0.4) is 0 Å². The molecule has 0 saturated carbocycles. The minimum atomic E-state index is 0.884. The van der Waals surface area contributed by atoms with Gasteiger partial charge in [-0.3, -0.25) is 0 Å². The smallest absolute Gasteiger partial charge is 0.0324 e. The number of rotatable bonds is 16. The second kappa shape index (κ2) is 16.4. The van der Waals surface area contributed by atoms with Gasteiger partial charge in [-0.05, 0) is 18.3 Å². The van der Waals surface area contributed by atoms with E-state index in [9.17, 15) is 0 Å². The Morgan fingerprint density at radius 1 is 0.524 bits per heavy atom. The molecule has 2 unspecified atom stereocenters. The Hall–Kier alpha value is 0. The van der Waals surface area contributed by atoms with Gasteiger partial charge in [0.25, 0.3) is 0 Å². The first-order valence-corrected chi connectivity index (χ1v) is 10.1. The first kappa shape index (κ1) is 21.0. The maximum absolute atomic E-state index is 2.76. The topological polar surface area (TPSA) is 0 Å². The lowest BCUT2D eigenvalue weighted by molar-refractivity contribution is 0.385. The van der Waals surface area contributed by atoms with Crippen LogP contribution in [0.4, 0.5) is 0 Å². The van der Waals surface area contributed by atoms with Gasteiger partial charge in [-0.25, -0.2) is 0 Å². The predicted octanol–water partition coefficient (Wildman–Crippen LogP) is 7.96. The van der Waals surface area contributed by atoms with Crippen molar-refractivity contribution in [3.05, 3.63) is 6.42 Å². The van der Waals surface area contributed by atoms with Crippen molar-refractivity contribution in [1.29, 1.82) is 0 Å². The summed E-state index contributed by atoms with van der Waals surface area (Å²) in [7, 11) is 0. The van der Waals surface area contributed by atoms with E-state index in [1.807, 2.05) is 0 Å². The molecule has 0 saturated heterocycles. The van der Waals surface area contributed by atoms with Crippen molar-refractivity contribution in [1.82, 2.24) is 0 Å². The van der Waals surface area contributed by atoms with Gasteiger partial charge in [-0.2, -0.15) is 0 Å². The zero-order valence-corrected chi connectivity index (χ0v) is 15.6. The molecule has 0 aliphatic carbocycles. The fraction of sp³-hybridized carbons (Fsp3) is 0.952. The van der Waals surface area contributed by atoms with E-state index < -0.39 is 0 Å². The normalized spacial score (nSPS) is 14.3. The maximum Gasteiger partial charge on any atom is -0.0324 e. The highest BCUT2D eigenvalue weighted by Gasteiger charge is 2.15. The quantitative estimate of drug-likeness (QED) is 0.253. The first-order valence-electron chi connectivity index (χ1n) is 10.1.